The maximum Gasteiger partial charge on any atom is 0.403 e. The zero-order valence-corrected chi connectivity index (χ0v) is 8.00. The molecule has 5 nitrogen and oxygen atoms in total. The molecule has 0 bridgehead atoms. The molecular weight excluding hydrogens is 198 g/mol. The summed E-state index contributed by atoms with van der Waals surface area (Å²) < 4.78 is 4.19. The molecule has 0 rings (SSSR count). The van der Waals surface area contributed by atoms with Crippen LogP contribution >= 0.6 is 11.6 Å². The van der Waals surface area contributed by atoms with Crippen molar-refractivity contribution in [2.45, 2.75) is 6.92 Å². The normalized spacial score (nSPS) is 7.92. The molecule has 0 saturated heterocycles. The Kier molecular flexibility index (Phi) is 10.0. The molecule has 0 unspecified atom stereocenters. The average molecular weight is 210 g/mol. The molecule has 3 N–H and O–H groups in total. The van der Waals surface area contributed by atoms with Crippen molar-refractivity contribution in [2.75, 3.05) is 13.2 Å². The quantitative estimate of drug-likeness (QED) is 0.534. The van der Waals surface area contributed by atoms with Gasteiger partial charge in [0.15, 0.2) is 0 Å². The van der Waals surface area contributed by atoms with Gasteiger partial charge in [-0.2, -0.15) is 0 Å². The number of ether oxygens (including phenoxy) is 1. The van der Waals surface area contributed by atoms with Crippen LogP contribution in [-0.2, 0) is 9.53 Å². The molecule has 13 heavy (non-hydrogen) atoms. The van der Waals surface area contributed by atoms with Crippen LogP contribution in [0.5, 0.6) is 0 Å². The number of nitrogens with two attached hydrogens (primary N) is 1. The smallest absolute Gasteiger partial charge is 0.403 e. The molecule has 0 spiro atoms. The lowest BCUT2D eigenvalue weighted by Crippen LogP contribution is -2.08. The lowest BCUT2D eigenvalue weighted by molar-refractivity contribution is -0.132. The van der Waals surface area contributed by atoms with E-state index >= 15 is 0 Å². The minimum absolute atomic E-state index is 0.176. The molecule has 0 heterocycles. The van der Waals surface area contributed by atoms with Crippen LogP contribution in [0, 0.1) is 0 Å². The Balaban J connectivity index is 0. The van der Waals surface area contributed by atoms with Crippen molar-refractivity contribution >= 4 is 23.0 Å². The van der Waals surface area contributed by atoms with E-state index in [2.05, 4.69) is 11.3 Å². The Labute approximate surface area is 81.1 Å². The zero-order valence-electron chi connectivity index (χ0n) is 7.25. The van der Waals surface area contributed by atoms with Crippen LogP contribution in [0.4, 0.5) is 4.79 Å². The summed E-state index contributed by atoms with van der Waals surface area (Å²) in [5.41, 5.74) is 4.32. The number of carboxylic acid groups (broad SMARTS) is 1. The third-order valence-electron chi connectivity index (χ3n) is 0.698. The van der Waals surface area contributed by atoms with E-state index in [0.717, 1.165) is 0 Å². The van der Waals surface area contributed by atoms with E-state index in [9.17, 15) is 9.59 Å². The van der Waals surface area contributed by atoms with E-state index in [1.807, 2.05) is 0 Å². The molecule has 0 amide bonds. The number of carboxylic acids is 1. The summed E-state index contributed by atoms with van der Waals surface area (Å²) in [6, 6.07) is 0. The lowest BCUT2D eigenvalue weighted by atomic mass is 10.4. The van der Waals surface area contributed by atoms with E-state index in [1.165, 1.54) is 6.92 Å². The number of aliphatic carboxylic acids is 1. The monoisotopic (exact) mass is 209 g/mol. The predicted octanol–water partition coefficient (Wildman–Crippen LogP) is 0.968. The molecule has 0 radical (unpaired) electrons. The number of carbonyl (C=O) groups is 2. The van der Waals surface area contributed by atoms with Gasteiger partial charge in [0.1, 0.15) is 6.61 Å². The van der Waals surface area contributed by atoms with Gasteiger partial charge in [0.05, 0.1) is 0 Å². The first-order chi connectivity index (χ1) is 5.91. The van der Waals surface area contributed by atoms with Crippen LogP contribution < -0.4 is 5.73 Å². The highest BCUT2D eigenvalue weighted by atomic mass is 35.5. The molecule has 6 heteroatoms. The highest BCUT2D eigenvalue weighted by molar-refractivity contribution is 6.61. The molecule has 0 aliphatic carbocycles. The van der Waals surface area contributed by atoms with E-state index in [4.69, 9.17) is 22.4 Å². The van der Waals surface area contributed by atoms with Crippen LogP contribution in [0.1, 0.15) is 6.92 Å². The molecule has 0 aromatic carbocycles. The number of carbonyl (C=O) groups excluding carboxylic acids is 1. The number of rotatable bonds is 3. The van der Waals surface area contributed by atoms with E-state index < -0.39 is 11.4 Å². The van der Waals surface area contributed by atoms with Crippen molar-refractivity contribution in [1.82, 2.24) is 0 Å². The van der Waals surface area contributed by atoms with Crippen molar-refractivity contribution in [2.24, 2.45) is 5.73 Å². The minimum Gasteiger partial charge on any atom is -0.478 e. The summed E-state index contributed by atoms with van der Waals surface area (Å²) in [4.78, 5) is 19.3. The van der Waals surface area contributed by atoms with Gasteiger partial charge in [-0.3, -0.25) is 0 Å². The summed E-state index contributed by atoms with van der Waals surface area (Å²) in [5.74, 6) is -0.935. The predicted molar refractivity (Wildman–Crippen MR) is 48.7 cm³/mol. The standard InChI is InChI=1S/C4H6O2.C3H6ClNO2/c1-3(2)4(5)6;4-3(6)7-2-1-5/h1H2,2H3,(H,5,6);1-2,5H2. The van der Waals surface area contributed by atoms with Gasteiger partial charge < -0.3 is 15.6 Å². The third-order valence-corrected chi connectivity index (χ3v) is 0.808. The maximum atomic E-state index is 9.69. The Hall–Kier alpha value is -1.07. The Morgan fingerprint density at radius 2 is 2.00 bits per heavy atom. The number of halogens is 1. The van der Waals surface area contributed by atoms with Crippen LogP contribution in [-0.4, -0.2) is 29.7 Å². The number of hydrogen-bond donors (Lipinski definition) is 2. The largest absolute Gasteiger partial charge is 0.478 e. The van der Waals surface area contributed by atoms with Gasteiger partial charge in [0.25, 0.3) is 0 Å². The summed E-state index contributed by atoms with van der Waals surface area (Å²) in [6.07, 6.45) is 0. The van der Waals surface area contributed by atoms with Gasteiger partial charge in [-0.05, 0) is 6.92 Å². The minimum atomic E-state index is -0.935. The van der Waals surface area contributed by atoms with Crippen molar-refractivity contribution < 1.29 is 19.4 Å². The fraction of sp³-hybridized carbons (Fsp3) is 0.429. The second-order valence-electron chi connectivity index (χ2n) is 1.96. The molecule has 0 fully saturated rings. The van der Waals surface area contributed by atoms with Crippen LogP contribution in [0.3, 0.4) is 0 Å². The van der Waals surface area contributed by atoms with Crippen molar-refractivity contribution in [3.05, 3.63) is 12.2 Å². The molecular formula is C7H12ClNO4. The van der Waals surface area contributed by atoms with E-state index in [-0.39, 0.29) is 12.2 Å². The summed E-state index contributed by atoms with van der Waals surface area (Å²) >= 11 is 4.74. The third kappa shape index (κ3) is 18.1. The van der Waals surface area contributed by atoms with Gasteiger partial charge in [-0.15, -0.1) is 0 Å². The van der Waals surface area contributed by atoms with Crippen molar-refractivity contribution in [3.8, 4) is 0 Å². The second kappa shape index (κ2) is 9.02. The fourth-order valence-corrected chi connectivity index (χ4v) is 0.216. The first-order valence-electron chi connectivity index (χ1n) is 3.33. The van der Waals surface area contributed by atoms with E-state index in [0.29, 0.717) is 6.54 Å². The molecule has 0 atom stereocenters. The highest BCUT2D eigenvalue weighted by Crippen LogP contribution is 1.83. The fourth-order valence-electron chi connectivity index (χ4n) is 0.139. The Morgan fingerprint density at radius 3 is 2.08 bits per heavy atom. The van der Waals surface area contributed by atoms with Gasteiger partial charge >= 0.3 is 11.4 Å². The van der Waals surface area contributed by atoms with Gasteiger partial charge in [0.2, 0.25) is 0 Å². The average Bonchev–Trinajstić information content (AvgIpc) is 2.01. The van der Waals surface area contributed by atoms with Crippen molar-refractivity contribution in [1.29, 1.82) is 0 Å². The highest BCUT2D eigenvalue weighted by Gasteiger charge is 1.90. The second-order valence-corrected chi connectivity index (χ2v) is 2.27. The first-order valence-corrected chi connectivity index (χ1v) is 3.70. The Bertz CT molecular complexity index is 181. The molecule has 0 aromatic rings. The maximum absolute atomic E-state index is 9.69. The summed E-state index contributed by atoms with van der Waals surface area (Å²) in [6.45, 7) is 5.12. The molecule has 0 aliphatic heterocycles. The molecule has 76 valence electrons. The molecule has 0 aromatic heterocycles. The zero-order chi connectivity index (χ0) is 10.9. The lowest BCUT2D eigenvalue weighted by Gasteiger charge is -1.91. The molecule has 0 aliphatic rings. The van der Waals surface area contributed by atoms with Gasteiger partial charge in [-0.1, -0.05) is 6.58 Å². The van der Waals surface area contributed by atoms with Crippen molar-refractivity contribution in [3.63, 3.8) is 0 Å². The van der Waals surface area contributed by atoms with Gasteiger partial charge in [0, 0.05) is 23.7 Å². The SMILES string of the molecule is C=C(C)C(=O)O.NCCOC(=O)Cl. The van der Waals surface area contributed by atoms with Gasteiger partial charge in [-0.25, -0.2) is 9.59 Å². The number of hydrogen-bond acceptors (Lipinski definition) is 4. The summed E-state index contributed by atoms with van der Waals surface area (Å²) in [5, 5.41) is 7.89. The topological polar surface area (TPSA) is 89.6 Å². The van der Waals surface area contributed by atoms with E-state index in [1.54, 1.807) is 0 Å². The Morgan fingerprint density at radius 1 is 1.62 bits per heavy atom. The summed E-state index contributed by atoms with van der Waals surface area (Å²) in [7, 11) is 0. The van der Waals surface area contributed by atoms with Crippen LogP contribution in [0.25, 0.3) is 0 Å². The van der Waals surface area contributed by atoms with Crippen LogP contribution in [0.15, 0.2) is 12.2 Å². The molecule has 0 saturated carbocycles. The first kappa shape index (κ1) is 14.5. The van der Waals surface area contributed by atoms with Crippen LogP contribution in [0.2, 0.25) is 0 Å².